The second kappa shape index (κ2) is 7.77. The minimum Gasteiger partial charge on any atom is -0.499 e. The zero-order chi connectivity index (χ0) is 14.2. The molecule has 1 saturated heterocycles. The molecule has 0 amide bonds. The molecule has 1 unspecified atom stereocenters. The third-order valence-electron chi connectivity index (χ3n) is 2.79. The first-order valence-corrected chi connectivity index (χ1v) is 6.55. The Morgan fingerprint density at radius 3 is 2.90 bits per heavy atom. The quantitative estimate of drug-likeness (QED) is 0.373. The zero-order valence-corrected chi connectivity index (χ0v) is 11.7. The first-order valence-electron chi connectivity index (χ1n) is 6.55. The minimum absolute atomic E-state index is 0.229. The smallest absolute Gasteiger partial charge is 0.161 e. The van der Waals surface area contributed by atoms with E-state index in [1.54, 1.807) is 7.11 Å². The van der Waals surface area contributed by atoms with Gasteiger partial charge in [0, 0.05) is 0 Å². The van der Waals surface area contributed by atoms with Crippen LogP contribution in [0.15, 0.2) is 31.0 Å². The predicted molar refractivity (Wildman–Crippen MR) is 74.0 cm³/mol. The van der Waals surface area contributed by atoms with Gasteiger partial charge >= 0.3 is 0 Å². The van der Waals surface area contributed by atoms with Crippen molar-refractivity contribution in [2.75, 3.05) is 33.5 Å². The summed E-state index contributed by atoms with van der Waals surface area (Å²) in [6.45, 7) is 6.33. The summed E-state index contributed by atoms with van der Waals surface area (Å²) in [6, 6.07) is 5.76. The highest BCUT2D eigenvalue weighted by molar-refractivity contribution is 5.42. The molecule has 110 valence electrons. The first kappa shape index (κ1) is 14.7. The molecule has 1 aromatic rings. The van der Waals surface area contributed by atoms with E-state index in [0.29, 0.717) is 32.2 Å². The lowest BCUT2D eigenvalue weighted by atomic mass is 10.2. The fraction of sp³-hybridized carbons (Fsp3) is 0.467. The predicted octanol–water partition coefficient (Wildman–Crippen LogP) is 2.15. The zero-order valence-electron chi connectivity index (χ0n) is 11.7. The molecule has 1 heterocycles. The van der Waals surface area contributed by atoms with E-state index in [-0.39, 0.29) is 6.10 Å². The summed E-state index contributed by atoms with van der Waals surface area (Å²) >= 11 is 0. The number of epoxide rings is 1. The van der Waals surface area contributed by atoms with Crippen molar-refractivity contribution in [3.05, 3.63) is 36.6 Å². The Labute approximate surface area is 119 Å². The second-order valence-corrected chi connectivity index (χ2v) is 4.34. The molecule has 1 fully saturated rings. The largest absolute Gasteiger partial charge is 0.499 e. The first-order chi connectivity index (χ1) is 9.83. The molecule has 2 rings (SSSR count). The van der Waals surface area contributed by atoms with E-state index in [1.165, 1.54) is 6.26 Å². The minimum atomic E-state index is 0.229. The lowest BCUT2D eigenvalue weighted by Crippen LogP contribution is -2.06. The van der Waals surface area contributed by atoms with Crippen LogP contribution in [-0.2, 0) is 20.8 Å². The summed E-state index contributed by atoms with van der Waals surface area (Å²) in [6.07, 6.45) is 1.63. The van der Waals surface area contributed by atoms with Crippen molar-refractivity contribution in [3.63, 3.8) is 0 Å². The van der Waals surface area contributed by atoms with E-state index in [9.17, 15) is 0 Å². The third-order valence-corrected chi connectivity index (χ3v) is 2.79. The normalized spacial score (nSPS) is 16.6. The summed E-state index contributed by atoms with van der Waals surface area (Å²) < 4.78 is 26.5. The molecule has 5 heteroatoms. The summed E-state index contributed by atoms with van der Waals surface area (Å²) in [5, 5.41) is 0. The molecular weight excluding hydrogens is 260 g/mol. The van der Waals surface area contributed by atoms with Gasteiger partial charge in [0.15, 0.2) is 11.5 Å². The topological polar surface area (TPSA) is 49.5 Å². The number of ether oxygens (including phenoxy) is 5. The molecule has 20 heavy (non-hydrogen) atoms. The highest BCUT2D eigenvalue weighted by atomic mass is 16.6. The lowest BCUT2D eigenvalue weighted by molar-refractivity contribution is 0.0749. The summed E-state index contributed by atoms with van der Waals surface area (Å²) in [7, 11) is 1.62. The lowest BCUT2D eigenvalue weighted by Gasteiger charge is -2.11. The van der Waals surface area contributed by atoms with Crippen molar-refractivity contribution in [1.29, 1.82) is 0 Å². The van der Waals surface area contributed by atoms with Gasteiger partial charge in [-0.25, -0.2) is 0 Å². The van der Waals surface area contributed by atoms with Gasteiger partial charge in [-0.05, 0) is 17.7 Å². The van der Waals surface area contributed by atoms with Crippen LogP contribution < -0.4 is 9.47 Å². The molecule has 0 saturated carbocycles. The maximum atomic E-state index is 5.64. The average molecular weight is 280 g/mol. The van der Waals surface area contributed by atoms with E-state index >= 15 is 0 Å². The van der Waals surface area contributed by atoms with Crippen molar-refractivity contribution >= 4 is 0 Å². The highest BCUT2D eigenvalue weighted by Crippen LogP contribution is 2.29. The van der Waals surface area contributed by atoms with Crippen molar-refractivity contribution in [3.8, 4) is 11.5 Å². The van der Waals surface area contributed by atoms with Crippen molar-refractivity contribution in [1.82, 2.24) is 0 Å². The Morgan fingerprint density at radius 2 is 2.20 bits per heavy atom. The van der Waals surface area contributed by atoms with E-state index in [4.69, 9.17) is 23.7 Å². The molecule has 1 atom stereocenters. The molecule has 1 aliphatic heterocycles. The van der Waals surface area contributed by atoms with Crippen LogP contribution in [0.25, 0.3) is 0 Å². The van der Waals surface area contributed by atoms with Crippen LogP contribution in [0, 0.1) is 0 Å². The SMILES string of the molecule is C=COCCOCc1ccc(OCC2CO2)c(OC)c1. The van der Waals surface area contributed by atoms with Crippen molar-refractivity contribution in [2.24, 2.45) is 0 Å². The summed E-state index contributed by atoms with van der Waals surface area (Å²) in [5.41, 5.74) is 1.02. The van der Waals surface area contributed by atoms with Gasteiger partial charge in [-0.3, -0.25) is 0 Å². The van der Waals surface area contributed by atoms with Crippen LogP contribution in [0.2, 0.25) is 0 Å². The Morgan fingerprint density at radius 1 is 1.35 bits per heavy atom. The van der Waals surface area contributed by atoms with Gasteiger partial charge < -0.3 is 23.7 Å². The number of methoxy groups -OCH3 is 1. The number of benzene rings is 1. The Balaban J connectivity index is 1.81. The molecule has 0 spiro atoms. The van der Waals surface area contributed by atoms with Gasteiger partial charge in [0.1, 0.15) is 19.3 Å². The highest BCUT2D eigenvalue weighted by Gasteiger charge is 2.23. The van der Waals surface area contributed by atoms with Crippen LogP contribution >= 0.6 is 0 Å². The van der Waals surface area contributed by atoms with Gasteiger partial charge in [-0.2, -0.15) is 0 Å². The molecule has 1 aromatic carbocycles. The van der Waals surface area contributed by atoms with Gasteiger partial charge in [0.05, 0.1) is 33.2 Å². The molecule has 0 aromatic heterocycles. The fourth-order valence-corrected chi connectivity index (χ4v) is 1.65. The van der Waals surface area contributed by atoms with E-state index in [0.717, 1.165) is 17.9 Å². The third kappa shape index (κ3) is 4.75. The number of rotatable bonds is 10. The van der Waals surface area contributed by atoms with E-state index < -0.39 is 0 Å². The van der Waals surface area contributed by atoms with Gasteiger partial charge in [0.2, 0.25) is 0 Å². The summed E-state index contributed by atoms with van der Waals surface area (Å²) in [5.74, 6) is 1.43. The molecular formula is C15H20O5. The fourth-order valence-electron chi connectivity index (χ4n) is 1.65. The molecule has 0 aliphatic carbocycles. The maximum absolute atomic E-state index is 5.64. The average Bonchev–Trinajstić information content (AvgIpc) is 3.29. The number of hydrogen-bond acceptors (Lipinski definition) is 5. The molecule has 5 nitrogen and oxygen atoms in total. The second-order valence-electron chi connectivity index (χ2n) is 4.34. The summed E-state index contributed by atoms with van der Waals surface area (Å²) in [4.78, 5) is 0. The van der Waals surface area contributed by atoms with Crippen molar-refractivity contribution < 1.29 is 23.7 Å². The van der Waals surface area contributed by atoms with Crippen molar-refractivity contribution in [2.45, 2.75) is 12.7 Å². The molecule has 0 bridgehead atoms. The Bertz CT molecular complexity index is 428. The molecule has 1 aliphatic rings. The Kier molecular flexibility index (Phi) is 5.70. The van der Waals surface area contributed by atoms with Crippen LogP contribution in [-0.4, -0.2) is 39.6 Å². The van der Waals surface area contributed by atoms with Crippen LogP contribution in [0.5, 0.6) is 11.5 Å². The van der Waals surface area contributed by atoms with E-state index in [1.807, 2.05) is 18.2 Å². The van der Waals surface area contributed by atoms with Crippen LogP contribution in [0.4, 0.5) is 0 Å². The number of hydrogen-bond donors (Lipinski definition) is 0. The van der Waals surface area contributed by atoms with E-state index in [2.05, 4.69) is 6.58 Å². The van der Waals surface area contributed by atoms with Gasteiger partial charge in [-0.1, -0.05) is 12.6 Å². The van der Waals surface area contributed by atoms with Crippen LogP contribution in [0.3, 0.4) is 0 Å². The molecule has 0 N–H and O–H groups in total. The molecule has 0 radical (unpaired) electrons. The Hall–Kier alpha value is -1.72. The van der Waals surface area contributed by atoms with Gasteiger partial charge in [0.25, 0.3) is 0 Å². The monoisotopic (exact) mass is 280 g/mol. The maximum Gasteiger partial charge on any atom is 0.161 e. The standard InChI is InChI=1S/C15H20O5/c1-3-17-6-7-18-9-12-4-5-14(15(8-12)16-2)20-11-13-10-19-13/h3-5,8,13H,1,6-7,9-11H2,2H3. The van der Waals surface area contributed by atoms with Crippen LogP contribution in [0.1, 0.15) is 5.56 Å². The van der Waals surface area contributed by atoms with Gasteiger partial charge in [-0.15, -0.1) is 0 Å².